The zero-order valence-electron chi connectivity index (χ0n) is 8.75. The first-order valence-electron chi connectivity index (χ1n) is 2.44. The second-order valence-corrected chi connectivity index (χ2v) is 2.97. The van der Waals surface area contributed by atoms with Gasteiger partial charge in [0.15, 0.2) is 0 Å². The van der Waals surface area contributed by atoms with Gasteiger partial charge in [-0.15, -0.1) is 0 Å². The van der Waals surface area contributed by atoms with E-state index < -0.39 is 6.16 Å². The molecule has 0 fully saturated rings. The van der Waals surface area contributed by atoms with Gasteiger partial charge in [0.25, 0.3) is 0 Å². The van der Waals surface area contributed by atoms with Gasteiger partial charge < -0.3 is 21.6 Å². The molecule has 0 aromatic rings. The number of carboxylic acid groups (broad SMARTS) is 2. The zero-order valence-corrected chi connectivity index (χ0v) is 14.0. The molecule has 6 heteroatoms. The van der Waals surface area contributed by atoms with Gasteiger partial charge in [-0.3, -0.25) is 0 Å². The van der Waals surface area contributed by atoms with Crippen molar-refractivity contribution in [3.8, 4) is 0 Å². The van der Waals surface area contributed by atoms with Crippen molar-refractivity contribution in [2.24, 2.45) is 0 Å². The van der Waals surface area contributed by atoms with Crippen LogP contribution in [0.25, 0.3) is 0 Å². The van der Waals surface area contributed by atoms with Gasteiger partial charge in [-0.2, -0.15) is 0 Å². The Hall–Kier alpha value is 1.24. The van der Waals surface area contributed by atoms with E-state index in [4.69, 9.17) is 15.0 Å². The van der Waals surface area contributed by atoms with Crippen LogP contribution in [0.4, 0.5) is 4.79 Å². The molecule has 0 spiro atoms. The molecule has 0 aliphatic rings. The summed E-state index contributed by atoms with van der Waals surface area (Å²) in [6.45, 7) is 0. The fourth-order valence-corrected chi connectivity index (χ4v) is 0. The topological polar surface area (TPSA) is 89.0 Å². The van der Waals surface area contributed by atoms with Gasteiger partial charge in [0.1, 0.15) is 0 Å². The Balaban J connectivity index is -0.0000000221. The molecule has 0 saturated carbocycles. The molecule has 11 heavy (non-hydrogen) atoms. The number of nitrogens with zero attached hydrogens (tertiary/aromatic N) is 1. The molecular weight excluding hydrogens is 271 g/mol. The Labute approximate surface area is 127 Å². The van der Waals surface area contributed by atoms with E-state index >= 15 is 0 Å². The molecule has 0 rings (SSSR count). The predicted molar refractivity (Wildman–Crippen MR) is 39.3 cm³/mol. The second-order valence-electron chi connectivity index (χ2n) is 2.97. The van der Waals surface area contributed by atoms with E-state index in [1.165, 1.54) is 0 Å². The van der Waals surface area contributed by atoms with Crippen molar-refractivity contribution in [3.05, 3.63) is 0 Å². The third-order valence-electron chi connectivity index (χ3n) is 0. The Bertz CT molecular complexity index is 85.9. The minimum Gasteiger partial charge on any atom is -1.00 e. The second kappa shape index (κ2) is 11.2. The molecule has 0 amide bonds. The maximum atomic E-state index is 8.56. The van der Waals surface area contributed by atoms with Crippen LogP contribution >= 0.6 is 0 Å². The fraction of sp³-hybridized carbons (Fsp3) is 0.800. The molecule has 4 N–H and O–H groups in total. The first-order valence-corrected chi connectivity index (χ1v) is 2.44. The number of carbonyl (C=O) groups is 1. The minimum atomic E-state index is -1.83. The van der Waals surface area contributed by atoms with Crippen LogP contribution in [0, 0.1) is 0 Å². The average Bonchev–Trinajstić information content (AvgIpc) is 1.19. The van der Waals surface area contributed by atoms with Gasteiger partial charge in [0.05, 0.1) is 28.2 Å². The van der Waals surface area contributed by atoms with Crippen molar-refractivity contribution in [2.75, 3.05) is 28.2 Å². The van der Waals surface area contributed by atoms with Gasteiger partial charge in [0, 0.05) is 0 Å². The molecule has 0 aromatic heterocycles. The van der Waals surface area contributed by atoms with Crippen LogP contribution in [0.1, 0.15) is 1.43 Å². The molecule has 0 unspecified atom stereocenters. The summed E-state index contributed by atoms with van der Waals surface area (Å²) in [6.07, 6.45) is -1.83. The average molecular weight is 288 g/mol. The van der Waals surface area contributed by atoms with E-state index in [1.54, 1.807) is 0 Å². The molecule has 0 heterocycles. The van der Waals surface area contributed by atoms with Crippen molar-refractivity contribution >= 4 is 6.16 Å². The monoisotopic (exact) mass is 288 g/mol. The van der Waals surface area contributed by atoms with Crippen LogP contribution in [0.5, 0.6) is 0 Å². The van der Waals surface area contributed by atoms with E-state index in [9.17, 15) is 0 Å². The maximum absolute atomic E-state index is 8.56. The van der Waals surface area contributed by atoms with Crippen LogP contribution in [0.2, 0.25) is 0 Å². The molecule has 0 bridgehead atoms. The van der Waals surface area contributed by atoms with E-state index in [1.807, 2.05) is 0 Å². The van der Waals surface area contributed by atoms with Gasteiger partial charge >= 0.3 is 75.0 Å². The normalized spacial score (nSPS) is 7.64. The van der Waals surface area contributed by atoms with Gasteiger partial charge in [-0.1, -0.05) is 0 Å². The van der Waals surface area contributed by atoms with Crippen LogP contribution < -0.4 is 68.9 Å². The largest absolute Gasteiger partial charge is 1.00 e. The third-order valence-corrected chi connectivity index (χ3v) is 0. The third kappa shape index (κ3) is 623. The quantitative estimate of drug-likeness (QED) is 0.461. The summed E-state index contributed by atoms with van der Waals surface area (Å²) in [6, 6.07) is 0. The van der Waals surface area contributed by atoms with Crippen LogP contribution in [-0.4, -0.2) is 54.5 Å². The van der Waals surface area contributed by atoms with Crippen LogP contribution in [0.15, 0.2) is 0 Å². The Morgan fingerprint density at radius 1 is 1.18 bits per heavy atom. The first kappa shape index (κ1) is 22.8. The summed E-state index contributed by atoms with van der Waals surface area (Å²) in [7, 11) is 8.50. The summed E-state index contributed by atoms with van der Waals surface area (Å²) < 4.78 is 1.00. The van der Waals surface area contributed by atoms with Crippen LogP contribution in [-0.2, 0) is 0 Å². The maximum Gasteiger partial charge on any atom is 1.00 e. The van der Waals surface area contributed by atoms with E-state index in [0.717, 1.165) is 4.48 Å². The van der Waals surface area contributed by atoms with Gasteiger partial charge in [-0.25, -0.2) is 4.79 Å². The Morgan fingerprint density at radius 2 is 1.18 bits per heavy atom. The smallest absolute Gasteiger partial charge is 1.00 e. The zero-order chi connectivity index (χ0) is 8.08. The van der Waals surface area contributed by atoms with Gasteiger partial charge in [0.2, 0.25) is 0 Å². The molecule has 0 radical (unpaired) electrons. The molecule has 0 aliphatic heterocycles. The molecule has 0 atom stereocenters. The van der Waals surface area contributed by atoms with E-state index in [0.29, 0.717) is 0 Å². The molecular formula is C5H17CsNO4+. The van der Waals surface area contributed by atoms with Crippen molar-refractivity contribution < 1.29 is 95.3 Å². The molecule has 66 valence electrons. The summed E-state index contributed by atoms with van der Waals surface area (Å²) >= 11 is 0. The van der Waals surface area contributed by atoms with E-state index in [2.05, 4.69) is 28.2 Å². The molecule has 0 saturated heterocycles. The standard InChI is InChI=1S/C4H12N.CH2O3.Cs.H2O.H/c1-5(2,3)4;2-1(3)4;;;/h1-4H3;(H2,2,3,4);;1H2;/q+1;;+1;;-1. The van der Waals surface area contributed by atoms with Crippen molar-refractivity contribution in [3.63, 3.8) is 0 Å². The van der Waals surface area contributed by atoms with Crippen molar-refractivity contribution in [2.45, 2.75) is 0 Å². The minimum absolute atomic E-state index is 0. The number of hydrogen-bond donors (Lipinski definition) is 2. The van der Waals surface area contributed by atoms with Crippen molar-refractivity contribution in [1.82, 2.24) is 0 Å². The summed E-state index contributed by atoms with van der Waals surface area (Å²) in [5.41, 5.74) is 0. The Morgan fingerprint density at radius 3 is 1.18 bits per heavy atom. The number of hydrogen-bond acceptors (Lipinski definition) is 1. The molecule has 0 aliphatic carbocycles. The molecule has 5 nitrogen and oxygen atoms in total. The number of rotatable bonds is 0. The SMILES string of the molecule is C[N+](C)(C)C.O.O=C(O)O.[Cs+].[H-]. The summed E-state index contributed by atoms with van der Waals surface area (Å²) in [4.78, 5) is 8.56. The summed E-state index contributed by atoms with van der Waals surface area (Å²) in [5, 5.41) is 13.9. The predicted octanol–water partition coefficient (Wildman–Crippen LogP) is -3.16. The van der Waals surface area contributed by atoms with Gasteiger partial charge in [-0.05, 0) is 0 Å². The number of quaternary nitrogens is 1. The van der Waals surface area contributed by atoms with Crippen molar-refractivity contribution in [1.29, 1.82) is 0 Å². The fourth-order valence-electron chi connectivity index (χ4n) is 0. The van der Waals surface area contributed by atoms with Crippen LogP contribution in [0.3, 0.4) is 0 Å². The molecule has 0 aromatic carbocycles. The first-order chi connectivity index (χ1) is 3.73. The van der Waals surface area contributed by atoms with E-state index in [-0.39, 0.29) is 75.8 Å². The Kier molecular flexibility index (Phi) is 23.3. The summed E-state index contributed by atoms with van der Waals surface area (Å²) in [5.74, 6) is 0.